The van der Waals surface area contributed by atoms with Gasteiger partial charge >= 0.3 is 0 Å². The molecule has 0 saturated heterocycles. The van der Waals surface area contributed by atoms with Crippen LogP contribution in [0, 0.1) is 6.92 Å². The minimum Gasteiger partial charge on any atom is -0.504 e. The van der Waals surface area contributed by atoms with E-state index in [1.165, 1.54) is 25.1 Å². The van der Waals surface area contributed by atoms with Crippen LogP contribution in [0.25, 0.3) is 0 Å². The summed E-state index contributed by atoms with van der Waals surface area (Å²) < 4.78 is 5.03. The van der Waals surface area contributed by atoms with Crippen molar-refractivity contribution in [1.29, 1.82) is 0 Å². The number of ether oxygens (including phenoxy) is 1. The largest absolute Gasteiger partial charge is 0.504 e. The highest BCUT2D eigenvalue weighted by atomic mass is 32.2. The average molecular weight is 421 g/mol. The number of nitrogens with one attached hydrogen (secondary N) is 1. The summed E-state index contributed by atoms with van der Waals surface area (Å²) in [5, 5.41) is 15.4. The number of hydrazone groups is 1. The molecule has 0 saturated carbocycles. The highest BCUT2D eigenvalue weighted by Gasteiger charge is 2.08. The summed E-state index contributed by atoms with van der Waals surface area (Å²) in [6, 6.07) is 6.90. The van der Waals surface area contributed by atoms with Gasteiger partial charge in [-0.2, -0.15) is 5.10 Å². The van der Waals surface area contributed by atoms with Crippen LogP contribution in [0.5, 0.6) is 11.5 Å². The lowest BCUT2D eigenvalue weighted by Gasteiger charge is -2.06. The SMILES string of the molecule is CCCCSc1nc(C)cc(SCC(=O)N/N=C/c2cccc(OC)c2O)n1. The maximum absolute atomic E-state index is 12.0. The number of nitrogens with zero attached hydrogens (tertiary/aromatic N) is 3. The standard InChI is InChI=1S/C19H24N4O3S2/c1-4-5-9-27-19-21-13(2)10-17(22-19)28-12-16(24)23-20-11-14-7-6-8-15(26-3)18(14)25/h6-8,10-11,25H,4-5,9,12H2,1-3H3,(H,23,24)/b20-11+. The Morgan fingerprint density at radius 3 is 2.93 bits per heavy atom. The number of carbonyl (C=O) groups is 1. The van der Waals surface area contributed by atoms with E-state index >= 15 is 0 Å². The molecule has 2 N–H and O–H groups in total. The van der Waals surface area contributed by atoms with E-state index < -0.39 is 0 Å². The Bertz CT molecular complexity index is 831. The third-order valence-electron chi connectivity index (χ3n) is 3.53. The lowest BCUT2D eigenvalue weighted by molar-refractivity contribution is -0.118. The van der Waals surface area contributed by atoms with E-state index in [0.29, 0.717) is 11.3 Å². The van der Waals surface area contributed by atoms with Crippen LogP contribution >= 0.6 is 23.5 Å². The van der Waals surface area contributed by atoms with Gasteiger partial charge in [0, 0.05) is 17.0 Å². The molecule has 0 aliphatic rings. The molecule has 0 spiro atoms. The molecule has 0 aliphatic carbocycles. The number of para-hydroxylation sites is 1. The van der Waals surface area contributed by atoms with Crippen molar-refractivity contribution in [3.05, 3.63) is 35.5 Å². The molecule has 0 aliphatic heterocycles. The number of hydrogen-bond donors (Lipinski definition) is 2. The van der Waals surface area contributed by atoms with Crippen LogP contribution in [0.2, 0.25) is 0 Å². The van der Waals surface area contributed by atoms with E-state index in [-0.39, 0.29) is 17.4 Å². The molecule has 28 heavy (non-hydrogen) atoms. The third-order valence-corrected chi connectivity index (χ3v) is 5.38. The van der Waals surface area contributed by atoms with Gasteiger partial charge in [0.2, 0.25) is 5.91 Å². The van der Waals surface area contributed by atoms with E-state index in [9.17, 15) is 9.90 Å². The number of methoxy groups -OCH3 is 1. The van der Waals surface area contributed by atoms with Gasteiger partial charge in [-0.05, 0) is 31.5 Å². The second kappa shape index (κ2) is 11.6. The van der Waals surface area contributed by atoms with E-state index in [1.807, 2.05) is 13.0 Å². The Labute approximate surface area is 173 Å². The molecule has 2 rings (SSSR count). The predicted octanol–water partition coefficient (Wildman–Crippen LogP) is 3.63. The molecule has 1 heterocycles. The van der Waals surface area contributed by atoms with Crippen molar-refractivity contribution in [2.75, 3.05) is 18.6 Å². The maximum atomic E-state index is 12.0. The van der Waals surface area contributed by atoms with E-state index in [2.05, 4.69) is 27.4 Å². The summed E-state index contributed by atoms with van der Waals surface area (Å²) in [4.78, 5) is 20.9. The highest BCUT2D eigenvalue weighted by Crippen LogP contribution is 2.28. The number of hydrogen-bond acceptors (Lipinski definition) is 8. The third kappa shape index (κ3) is 7.05. The zero-order valence-corrected chi connectivity index (χ0v) is 17.8. The first-order chi connectivity index (χ1) is 13.5. The molecule has 1 aromatic heterocycles. The molecule has 1 amide bonds. The fraction of sp³-hybridized carbons (Fsp3) is 0.368. The molecular weight excluding hydrogens is 396 g/mol. The van der Waals surface area contributed by atoms with Crippen LogP contribution in [-0.4, -0.2) is 45.8 Å². The zero-order chi connectivity index (χ0) is 20.4. The van der Waals surface area contributed by atoms with Crippen LogP contribution in [-0.2, 0) is 4.79 Å². The molecule has 0 fully saturated rings. The van der Waals surface area contributed by atoms with Gasteiger partial charge in [0.15, 0.2) is 16.7 Å². The van der Waals surface area contributed by atoms with Crippen molar-refractivity contribution in [2.45, 2.75) is 36.9 Å². The Morgan fingerprint density at radius 1 is 1.36 bits per heavy atom. The molecule has 0 radical (unpaired) electrons. The lowest BCUT2D eigenvalue weighted by Crippen LogP contribution is -2.19. The number of aromatic hydroxyl groups is 1. The number of rotatable bonds is 10. The minimum absolute atomic E-state index is 0.0260. The Hall–Kier alpha value is -2.26. The van der Waals surface area contributed by atoms with E-state index in [4.69, 9.17) is 4.74 Å². The van der Waals surface area contributed by atoms with Gasteiger partial charge in [-0.1, -0.05) is 42.9 Å². The first kappa shape index (κ1) is 22.0. The summed E-state index contributed by atoms with van der Waals surface area (Å²) in [6.45, 7) is 4.07. The smallest absolute Gasteiger partial charge is 0.250 e. The number of aryl methyl sites for hydroxylation is 1. The number of amides is 1. The topological polar surface area (TPSA) is 96.7 Å². The van der Waals surface area contributed by atoms with Crippen LogP contribution in [0.1, 0.15) is 31.0 Å². The summed E-state index contributed by atoms with van der Waals surface area (Å²) in [6.07, 6.45) is 3.63. The number of phenolic OH excluding ortho intramolecular Hbond substituents is 1. The van der Waals surface area contributed by atoms with Crippen molar-refractivity contribution >= 4 is 35.6 Å². The first-order valence-electron chi connectivity index (χ1n) is 8.82. The monoisotopic (exact) mass is 420 g/mol. The van der Waals surface area contributed by atoms with E-state index in [1.54, 1.807) is 30.0 Å². The van der Waals surface area contributed by atoms with Gasteiger partial charge in [-0.25, -0.2) is 15.4 Å². The molecule has 1 aromatic carbocycles. The van der Waals surface area contributed by atoms with Crippen LogP contribution in [0.3, 0.4) is 0 Å². The molecule has 150 valence electrons. The van der Waals surface area contributed by atoms with Crippen LogP contribution < -0.4 is 10.2 Å². The minimum atomic E-state index is -0.264. The second-order valence-electron chi connectivity index (χ2n) is 5.81. The van der Waals surface area contributed by atoms with Crippen LogP contribution in [0.4, 0.5) is 0 Å². The zero-order valence-electron chi connectivity index (χ0n) is 16.1. The van der Waals surface area contributed by atoms with Crippen LogP contribution in [0.15, 0.2) is 39.5 Å². The fourth-order valence-corrected chi connectivity index (χ4v) is 3.91. The summed E-state index contributed by atoms with van der Waals surface area (Å²) in [5.41, 5.74) is 3.78. The molecule has 0 bridgehead atoms. The van der Waals surface area contributed by atoms with Gasteiger partial charge in [-0.15, -0.1) is 0 Å². The van der Waals surface area contributed by atoms with Gasteiger partial charge in [0.05, 0.1) is 19.1 Å². The Kier molecular flexibility index (Phi) is 9.09. The number of carbonyl (C=O) groups excluding carboxylic acids is 1. The molecule has 0 unspecified atom stereocenters. The van der Waals surface area contributed by atoms with Gasteiger partial charge in [0.1, 0.15) is 5.03 Å². The number of aromatic nitrogens is 2. The van der Waals surface area contributed by atoms with Crippen molar-refractivity contribution in [3.8, 4) is 11.5 Å². The summed E-state index contributed by atoms with van der Waals surface area (Å²) in [7, 11) is 1.47. The molecule has 9 heteroatoms. The molecule has 2 aromatic rings. The number of phenols is 1. The predicted molar refractivity (Wildman–Crippen MR) is 114 cm³/mol. The van der Waals surface area contributed by atoms with Crippen molar-refractivity contribution in [1.82, 2.24) is 15.4 Å². The molecular formula is C19H24N4O3S2. The van der Waals surface area contributed by atoms with E-state index in [0.717, 1.165) is 34.5 Å². The highest BCUT2D eigenvalue weighted by molar-refractivity contribution is 8.00. The number of thioether (sulfide) groups is 2. The van der Waals surface area contributed by atoms with Crippen molar-refractivity contribution in [2.24, 2.45) is 5.10 Å². The van der Waals surface area contributed by atoms with Crippen molar-refractivity contribution in [3.63, 3.8) is 0 Å². The normalized spacial score (nSPS) is 11.0. The Balaban J connectivity index is 1.87. The van der Waals surface area contributed by atoms with Gasteiger partial charge in [0.25, 0.3) is 0 Å². The molecule has 0 atom stereocenters. The summed E-state index contributed by atoms with van der Waals surface area (Å²) >= 11 is 2.96. The second-order valence-corrected chi connectivity index (χ2v) is 7.87. The quantitative estimate of drug-likeness (QED) is 0.151. The fourth-order valence-electron chi connectivity index (χ4n) is 2.11. The number of benzene rings is 1. The van der Waals surface area contributed by atoms with Gasteiger partial charge in [-0.3, -0.25) is 4.79 Å². The lowest BCUT2D eigenvalue weighted by atomic mass is 10.2. The summed E-state index contributed by atoms with van der Waals surface area (Å²) in [5.74, 6) is 1.22. The number of unbranched alkanes of at least 4 members (excludes halogenated alkanes) is 1. The maximum Gasteiger partial charge on any atom is 0.250 e. The average Bonchev–Trinajstić information content (AvgIpc) is 2.67. The first-order valence-corrected chi connectivity index (χ1v) is 10.8. The Morgan fingerprint density at radius 2 is 2.18 bits per heavy atom. The van der Waals surface area contributed by atoms with Gasteiger partial charge < -0.3 is 9.84 Å². The van der Waals surface area contributed by atoms with Crippen molar-refractivity contribution < 1.29 is 14.6 Å². The molecule has 7 nitrogen and oxygen atoms in total.